The molecule has 1 saturated carbocycles. The second-order valence-electron chi connectivity index (χ2n) is 4.12. The maximum Gasteiger partial charge on any atom is 0.317 e. The lowest BCUT2D eigenvalue weighted by molar-refractivity contribution is -0.130. The SMILES string of the molecule is CNC(=O)N1CCOCC1C(=O)NC1CC1. The summed E-state index contributed by atoms with van der Waals surface area (Å²) in [4.78, 5) is 25.0. The molecule has 1 saturated heterocycles. The van der Waals surface area contributed by atoms with Crippen molar-refractivity contribution in [3.05, 3.63) is 0 Å². The number of ether oxygens (including phenoxy) is 1. The molecule has 90 valence electrons. The van der Waals surface area contributed by atoms with E-state index in [0.29, 0.717) is 19.2 Å². The predicted octanol–water partition coefficient (Wildman–Crippen LogP) is -0.695. The number of amides is 3. The van der Waals surface area contributed by atoms with Crippen molar-refractivity contribution in [2.24, 2.45) is 0 Å². The van der Waals surface area contributed by atoms with Crippen LogP contribution in [0, 0.1) is 0 Å². The van der Waals surface area contributed by atoms with Crippen LogP contribution in [0.5, 0.6) is 0 Å². The van der Waals surface area contributed by atoms with E-state index in [-0.39, 0.29) is 18.5 Å². The summed E-state index contributed by atoms with van der Waals surface area (Å²) >= 11 is 0. The highest BCUT2D eigenvalue weighted by molar-refractivity contribution is 5.87. The largest absolute Gasteiger partial charge is 0.377 e. The molecule has 1 atom stereocenters. The van der Waals surface area contributed by atoms with E-state index < -0.39 is 6.04 Å². The molecular formula is C10H17N3O3. The monoisotopic (exact) mass is 227 g/mol. The average molecular weight is 227 g/mol. The number of urea groups is 1. The van der Waals surface area contributed by atoms with Gasteiger partial charge in [0.15, 0.2) is 0 Å². The zero-order valence-electron chi connectivity index (χ0n) is 9.36. The molecule has 2 fully saturated rings. The first-order valence-electron chi connectivity index (χ1n) is 5.59. The lowest BCUT2D eigenvalue weighted by atomic mass is 10.2. The molecule has 6 heteroatoms. The molecule has 1 aliphatic carbocycles. The summed E-state index contributed by atoms with van der Waals surface area (Å²) in [6.45, 7) is 1.23. The molecule has 1 heterocycles. The Kier molecular flexibility index (Phi) is 3.28. The molecule has 3 amide bonds. The van der Waals surface area contributed by atoms with Crippen LogP contribution >= 0.6 is 0 Å². The van der Waals surface area contributed by atoms with Crippen molar-refractivity contribution in [3.8, 4) is 0 Å². The number of rotatable bonds is 2. The molecule has 1 aliphatic heterocycles. The first kappa shape index (κ1) is 11.2. The summed E-state index contributed by atoms with van der Waals surface area (Å²) in [5.41, 5.74) is 0. The first-order chi connectivity index (χ1) is 7.72. The van der Waals surface area contributed by atoms with Crippen LogP contribution in [0.25, 0.3) is 0 Å². The minimum Gasteiger partial charge on any atom is -0.377 e. The summed E-state index contributed by atoms with van der Waals surface area (Å²) in [7, 11) is 1.56. The molecule has 0 bridgehead atoms. The molecular weight excluding hydrogens is 210 g/mol. The van der Waals surface area contributed by atoms with Crippen molar-refractivity contribution in [1.29, 1.82) is 0 Å². The lowest BCUT2D eigenvalue weighted by Gasteiger charge is -2.34. The molecule has 2 N–H and O–H groups in total. The van der Waals surface area contributed by atoms with Crippen LogP contribution in [0.15, 0.2) is 0 Å². The number of carbonyl (C=O) groups is 2. The fourth-order valence-corrected chi connectivity index (χ4v) is 1.73. The number of nitrogens with zero attached hydrogens (tertiary/aromatic N) is 1. The van der Waals surface area contributed by atoms with Crippen molar-refractivity contribution >= 4 is 11.9 Å². The van der Waals surface area contributed by atoms with Crippen molar-refractivity contribution < 1.29 is 14.3 Å². The van der Waals surface area contributed by atoms with E-state index in [4.69, 9.17) is 4.74 Å². The van der Waals surface area contributed by atoms with E-state index in [1.807, 2.05) is 0 Å². The van der Waals surface area contributed by atoms with Gasteiger partial charge in [0.05, 0.1) is 13.2 Å². The highest BCUT2D eigenvalue weighted by Gasteiger charge is 2.35. The first-order valence-corrected chi connectivity index (χ1v) is 5.59. The molecule has 2 rings (SSSR count). The highest BCUT2D eigenvalue weighted by atomic mass is 16.5. The number of hydrogen-bond donors (Lipinski definition) is 2. The summed E-state index contributed by atoms with van der Waals surface area (Å²) in [5.74, 6) is -0.106. The Bertz CT molecular complexity index is 291. The van der Waals surface area contributed by atoms with E-state index in [2.05, 4.69) is 10.6 Å². The molecule has 0 spiro atoms. The zero-order valence-corrected chi connectivity index (χ0v) is 9.36. The Morgan fingerprint density at radius 3 is 2.75 bits per heavy atom. The smallest absolute Gasteiger partial charge is 0.317 e. The van der Waals surface area contributed by atoms with Gasteiger partial charge in [-0.1, -0.05) is 0 Å². The van der Waals surface area contributed by atoms with Gasteiger partial charge in [-0.3, -0.25) is 4.79 Å². The van der Waals surface area contributed by atoms with Crippen molar-refractivity contribution in [2.45, 2.75) is 24.9 Å². The second-order valence-corrected chi connectivity index (χ2v) is 4.12. The Balaban J connectivity index is 1.96. The van der Waals surface area contributed by atoms with Crippen molar-refractivity contribution in [1.82, 2.24) is 15.5 Å². The molecule has 0 aromatic rings. The fourth-order valence-electron chi connectivity index (χ4n) is 1.73. The Morgan fingerprint density at radius 1 is 1.38 bits per heavy atom. The normalized spacial score (nSPS) is 25.1. The molecule has 2 aliphatic rings. The number of morpholine rings is 1. The Morgan fingerprint density at radius 2 is 2.12 bits per heavy atom. The van der Waals surface area contributed by atoms with Gasteiger partial charge in [-0.05, 0) is 12.8 Å². The van der Waals surface area contributed by atoms with Gasteiger partial charge in [0.2, 0.25) is 5.91 Å². The van der Waals surface area contributed by atoms with Gasteiger partial charge in [0, 0.05) is 19.6 Å². The second kappa shape index (κ2) is 4.69. The minimum atomic E-state index is -0.491. The summed E-state index contributed by atoms with van der Waals surface area (Å²) in [6.07, 6.45) is 2.08. The van der Waals surface area contributed by atoms with Crippen LogP contribution in [-0.4, -0.2) is 55.7 Å². The topological polar surface area (TPSA) is 70.7 Å². The van der Waals surface area contributed by atoms with E-state index in [1.54, 1.807) is 7.05 Å². The van der Waals surface area contributed by atoms with Gasteiger partial charge < -0.3 is 20.3 Å². The Labute approximate surface area is 94.3 Å². The average Bonchev–Trinajstić information content (AvgIpc) is 3.12. The van der Waals surface area contributed by atoms with Crippen LogP contribution in [-0.2, 0) is 9.53 Å². The van der Waals surface area contributed by atoms with Gasteiger partial charge >= 0.3 is 6.03 Å². The fraction of sp³-hybridized carbons (Fsp3) is 0.800. The van der Waals surface area contributed by atoms with Crippen LogP contribution in [0.2, 0.25) is 0 Å². The third-order valence-electron chi connectivity index (χ3n) is 2.83. The van der Waals surface area contributed by atoms with Crippen LogP contribution in [0.3, 0.4) is 0 Å². The van der Waals surface area contributed by atoms with Gasteiger partial charge in [-0.2, -0.15) is 0 Å². The van der Waals surface area contributed by atoms with Gasteiger partial charge in [0.1, 0.15) is 6.04 Å². The summed E-state index contributed by atoms with van der Waals surface area (Å²) in [5, 5.41) is 5.43. The molecule has 0 radical (unpaired) electrons. The maximum absolute atomic E-state index is 11.9. The molecule has 0 aromatic heterocycles. The maximum atomic E-state index is 11.9. The highest BCUT2D eigenvalue weighted by Crippen LogP contribution is 2.19. The van der Waals surface area contributed by atoms with E-state index >= 15 is 0 Å². The van der Waals surface area contributed by atoms with Crippen molar-refractivity contribution in [3.63, 3.8) is 0 Å². The van der Waals surface area contributed by atoms with Crippen LogP contribution in [0.4, 0.5) is 4.79 Å². The van der Waals surface area contributed by atoms with Gasteiger partial charge in [-0.25, -0.2) is 4.79 Å². The van der Waals surface area contributed by atoms with E-state index in [1.165, 1.54) is 4.90 Å². The third-order valence-corrected chi connectivity index (χ3v) is 2.83. The number of carbonyl (C=O) groups excluding carboxylic acids is 2. The Hall–Kier alpha value is -1.30. The number of nitrogens with one attached hydrogen (secondary N) is 2. The summed E-state index contributed by atoms with van der Waals surface area (Å²) in [6, 6.07) is -0.408. The summed E-state index contributed by atoms with van der Waals surface area (Å²) < 4.78 is 5.25. The van der Waals surface area contributed by atoms with Crippen LogP contribution in [0.1, 0.15) is 12.8 Å². The lowest BCUT2D eigenvalue weighted by Crippen LogP contribution is -2.58. The molecule has 16 heavy (non-hydrogen) atoms. The zero-order chi connectivity index (χ0) is 11.5. The third kappa shape index (κ3) is 2.44. The number of hydrogen-bond acceptors (Lipinski definition) is 3. The molecule has 1 unspecified atom stereocenters. The quantitative estimate of drug-likeness (QED) is 0.655. The van der Waals surface area contributed by atoms with E-state index in [0.717, 1.165) is 12.8 Å². The van der Waals surface area contributed by atoms with Crippen molar-refractivity contribution in [2.75, 3.05) is 26.8 Å². The standard InChI is InChI=1S/C10H17N3O3/c1-11-10(15)13-4-5-16-6-8(13)9(14)12-7-2-3-7/h7-8H,2-6H2,1H3,(H,11,15)(H,12,14). The molecule has 0 aromatic carbocycles. The van der Waals surface area contributed by atoms with Crippen LogP contribution < -0.4 is 10.6 Å². The minimum absolute atomic E-state index is 0.106. The van der Waals surface area contributed by atoms with Gasteiger partial charge in [-0.15, -0.1) is 0 Å². The van der Waals surface area contributed by atoms with E-state index in [9.17, 15) is 9.59 Å². The van der Waals surface area contributed by atoms with Gasteiger partial charge in [0.25, 0.3) is 0 Å². The molecule has 6 nitrogen and oxygen atoms in total. The predicted molar refractivity (Wildman–Crippen MR) is 56.9 cm³/mol.